The number of aromatic hydroxyl groups is 1. The molecule has 0 unspecified atom stereocenters. The van der Waals surface area contributed by atoms with Crippen LogP contribution in [0.4, 0.5) is 0 Å². The number of hydrogen-bond donors (Lipinski definition) is 1. The maximum absolute atomic E-state index is 9.76. The Morgan fingerprint density at radius 2 is 2.13 bits per heavy atom. The van der Waals surface area contributed by atoms with Crippen molar-refractivity contribution in [3.63, 3.8) is 0 Å². The van der Waals surface area contributed by atoms with E-state index in [0.717, 1.165) is 5.39 Å². The van der Waals surface area contributed by atoms with E-state index in [9.17, 15) is 5.11 Å². The molecule has 0 aliphatic heterocycles. The van der Waals surface area contributed by atoms with Gasteiger partial charge in [-0.3, -0.25) is 0 Å². The minimum atomic E-state index is 0.0708. The minimum absolute atomic E-state index is 0.0708. The monoisotopic (exact) mass is 199 g/mol. The van der Waals surface area contributed by atoms with Gasteiger partial charge in [0.1, 0.15) is 11.5 Å². The molecule has 2 aromatic rings. The number of nitriles is 1. The predicted octanol–water partition coefficient (Wildman–Crippen LogP) is 2.43. The van der Waals surface area contributed by atoms with Crippen LogP contribution in [0, 0.1) is 11.3 Å². The van der Waals surface area contributed by atoms with Crippen molar-refractivity contribution in [1.29, 1.82) is 5.26 Å². The Morgan fingerprint density at radius 1 is 1.33 bits per heavy atom. The molecule has 74 valence electrons. The van der Waals surface area contributed by atoms with Crippen molar-refractivity contribution in [2.45, 2.75) is 0 Å². The first-order valence-electron chi connectivity index (χ1n) is 4.46. The Labute approximate surface area is 87.1 Å². The molecular weight excluding hydrogens is 190 g/mol. The quantitative estimate of drug-likeness (QED) is 0.767. The molecule has 2 aromatic carbocycles. The molecule has 3 nitrogen and oxygen atoms in total. The van der Waals surface area contributed by atoms with E-state index in [4.69, 9.17) is 10.00 Å². The Bertz CT molecular complexity index is 555. The molecular formula is C12H9NO2. The molecule has 0 saturated carbocycles. The number of ether oxygens (including phenoxy) is 1. The highest BCUT2D eigenvalue weighted by atomic mass is 16.5. The van der Waals surface area contributed by atoms with Gasteiger partial charge in [0.25, 0.3) is 0 Å². The summed E-state index contributed by atoms with van der Waals surface area (Å²) >= 11 is 0. The summed E-state index contributed by atoms with van der Waals surface area (Å²) in [4.78, 5) is 0. The summed E-state index contributed by atoms with van der Waals surface area (Å²) in [5.74, 6) is 0.677. The smallest absolute Gasteiger partial charge is 0.130 e. The lowest BCUT2D eigenvalue weighted by Gasteiger charge is -2.07. The highest BCUT2D eigenvalue weighted by Gasteiger charge is 2.07. The van der Waals surface area contributed by atoms with E-state index in [1.807, 2.05) is 18.2 Å². The fraction of sp³-hybridized carbons (Fsp3) is 0.0833. The van der Waals surface area contributed by atoms with Crippen molar-refractivity contribution in [3.05, 3.63) is 35.9 Å². The van der Waals surface area contributed by atoms with Gasteiger partial charge in [0.2, 0.25) is 0 Å². The summed E-state index contributed by atoms with van der Waals surface area (Å²) in [6.45, 7) is 0. The van der Waals surface area contributed by atoms with Crippen LogP contribution in [-0.2, 0) is 0 Å². The number of rotatable bonds is 1. The van der Waals surface area contributed by atoms with Crippen molar-refractivity contribution < 1.29 is 9.84 Å². The average Bonchev–Trinajstić information content (AvgIpc) is 2.27. The topological polar surface area (TPSA) is 53.2 Å². The van der Waals surface area contributed by atoms with Crippen LogP contribution in [0.2, 0.25) is 0 Å². The van der Waals surface area contributed by atoms with Gasteiger partial charge < -0.3 is 9.84 Å². The number of benzene rings is 2. The molecule has 3 heteroatoms. The summed E-state index contributed by atoms with van der Waals surface area (Å²) in [6, 6.07) is 10.6. The highest BCUT2D eigenvalue weighted by molar-refractivity contribution is 5.94. The molecule has 1 N–H and O–H groups in total. The fourth-order valence-corrected chi connectivity index (χ4v) is 1.61. The Hall–Kier alpha value is -2.21. The van der Waals surface area contributed by atoms with Crippen LogP contribution < -0.4 is 4.74 Å². The van der Waals surface area contributed by atoms with Gasteiger partial charge in [0.15, 0.2) is 0 Å². The zero-order chi connectivity index (χ0) is 10.8. The number of phenolic OH excluding ortho intramolecular Hbond substituents is 1. The van der Waals surface area contributed by atoms with Gasteiger partial charge in [-0.25, -0.2) is 0 Å². The first kappa shape index (κ1) is 9.35. The molecule has 0 fully saturated rings. The predicted molar refractivity (Wildman–Crippen MR) is 56.9 cm³/mol. The number of methoxy groups -OCH3 is 1. The Morgan fingerprint density at radius 3 is 2.80 bits per heavy atom. The van der Waals surface area contributed by atoms with Crippen LogP contribution in [0.3, 0.4) is 0 Å². The van der Waals surface area contributed by atoms with Crippen molar-refractivity contribution in [2.24, 2.45) is 0 Å². The van der Waals surface area contributed by atoms with Crippen LogP contribution in [0.1, 0.15) is 5.56 Å². The third-order valence-corrected chi connectivity index (χ3v) is 2.27. The van der Waals surface area contributed by atoms with Crippen LogP contribution in [-0.4, -0.2) is 12.2 Å². The van der Waals surface area contributed by atoms with Gasteiger partial charge in [-0.1, -0.05) is 12.1 Å². The summed E-state index contributed by atoms with van der Waals surface area (Å²) in [6.07, 6.45) is 0. The zero-order valence-corrected chi connectivity index (χ0v) is 8.19. The van der Waals surface area contributed by atoms with Gasteiger partial charge in [0.05, 0.1) is 24.1 Å². The lowest BCUT2D eigenvalue weighted by Crippen LogP contribution is -1.86. The second-order valence-electron chi connectivity index (χ2n) is 3.17. The van der Waals surface area contributed by atoms with Gasteiger partial charge in [-0.15, -0.1) is 0 Å². The summed E-state index contributed by atoms with van der Waals surface area (Å²) in [5.41, 5.74) is 0.438. The lowest BCUT2D eigenvalue weighted by atomic mass is 10.1. The number of hydrogen-bond acceptors (Lipinski definition) is 3. The molecule has 0 heterocycles. The molecule has 15 heavy (non-hydrogen) atoms. The molecule has 0 amide bonds. The normalized spacial score (nSPS) is 9.87. The molecule has 0 spiro atoms. The van der Waals surface area contributed by atoms with E-state index in [1.165, 1.54) is 6.07 Å². The second-order valence-corrected chi connectivity index (χ2v) is 3.17. The van der Waals surface area contributed by atoms with Crippen LogP contribution in [0.5, 0.6) is 11.5 Å². The summed E-state index contributed by atoms with van der Waals surface area (Å²) in [5, 5.41) is 20.0. The molecule has 0 bridgehead atoms. The second kappa shape index (κ2) is 3.50. The van der Waals surface area contributed by atoms with E-state index in [1.54, 1.807) is 19.2 Å². The van der Waals surface area contributed by atoms with E-state index in [-0.39, 0.29) is 5.75 Å². The third-order valence-electron chi connectivity index (χ3n) is 2.27. The fourth-order valence-electron chi connectivity index (χ4n) is 1.61. The first-order chi connectivity index (χ1) is 7.26. The van der Waals surface area contributed by atoms with E-state index in [2.05, 4.69) is 0 Å². The number of fused-ring (bicyclic) bond motifs is 1. The van der Waals surface area contributed by atoms with Gasteiger partial charge >= 0.3 is 0 Å². The zero-order valence-electron chi connectivity index (χ0n) is 8.19. The van der Waals surface area contributed by atoms with Crippen LogP contribution >= 0.6 is 0 Å². The Kier molecular flexibility index (Phi) is 2.18. The van der Waals surface area contributed by atoms with E-state index >= 15 is 0 Å². The summed E-state index contributed by atoms with van der Waals surface area (Å²) < 4.78 is 5.14. The van der Waals surface area contributed by atoms with Crippen LogP contribution in [0.15, 0.2) is 30.3 Å². The van der Waals surface area contributed by atoms with Gasteiger partial charge in [0, 0.05) is 0 Å². The molecule has 0 saturated heterocycles. The number of nitrogens with zero attached hydrogens (tertiary/aromatic N) is 1. The van der Waals surface area contributed by atoms with E-state index < -0.39 is 0 Å². The van der Waals surface area contributed by atoms with Crippen molar-refractivity contribution in [3.8, 4) is 17.6 Å². The van der Waals surface area contributed by atoms with Crippen LogP contribution in [0.25, 0.3) is 10.8 Å². The maximum atomic E-state index is 9.76. The molecule has 0 atom stereocenters. The largest absolute Gasteiger partial charge is 0.507 e. The number of phenols is 1. The molecule has 0 aromatic heterocycles. The van der Waals surface area contributed by atoms with E-state index in [0.29, 0.717) is 16.7 Å². The lowest BCUT2D eigenvalue weighted by molar-refractivity contribution is 0.416. The third kappa shape index (κ3) is 1.46. The first-order valence-corrected chi connectivity index (χ1v) is 4.46. The van der Waals surface area contributed by atoms with Crippen molar-refractivity contribution in [1.82, 2.24) is 0 Å². The SMILES string of the molecule is COc1cccc2cc(C#N)cc(O)c12. The van der Waals surface area contributed by atoms with Gasteiger partial charge in [-0.05, 0) is 23.6 Å². The highest BCUT2D eigenvalue weighted by Crippen LogP contribution is 2.33. The maximum Gasteiger partial charge on any atom is 0.130 e. The minimum Gasteiger partial charge on any atom is -0.507 e. The molecule has 0 aliphatic rings. The van der Waals surface area contributed by atoms with Crippen molar-refractivity contribution >= 4 is 10.8 Å². The Balaban J connectivity index is 2.86. The molecule has 2 rings (SSSR count). The average molecular weight is 199 g/mol. The van der Waals surface area contributed by atoms with Crippen molar-refractivity contribution in [2.75, 3.05) is 7.11 Å². The summed E-state index contributed by atoms with van der Waals surface area (Å²) in [7, 11) is 1.55. The molecule has 0 aliphatic carbocycles. The van der Waals surface area contributed by atoms with Gasteiger partial charge in [-0.2, -0.15) is 5.26 Å². The standard InChI is InChI=1S/C12H9NO2/c1-15-11-4-2-3-9-5-8(7-13)6-10(14)12(9)11/h2-6,14H,1H3. The molecule has 0 radical (unpaired) electrons.